The minimum absolute atomic E-state index is 0.448. The number of allylic oxidation sites excluding steroid dienone is 1. The standard InChI is InChI=1S/C11H17NO/c1-7-9-5-8(11(9,2)3)6-10(7)12-13-4/h8-9H,1,5-6H2,2-4H3/b12-10+/t8-,9-/m0/s1. The quantitative estimate of drug-likeness (QED) is 0.567. The van der Waals surface area contributed by atoms with Gasteiger partial charge in [-0.3, -0.25) is 0 Å². The second-order valence-electron chi connectivity index (χ2n) is 4.76. The van der Waals surface area contributed by atoms with Crippen LogP contribution in [0.1, 0.15) is 26.7 Å². The Morgan fingerprint density at radius 3 is 2.69 bits per heavy atom. The number of rotatable bonds is 1. The van der Waals surface area contributed by atoms with Crippen molar-refractivity contribution in [2.75, 3.05) is 7.11 Å². The highest BCUT2D eigenvalue weighted by atomic mass is 16.6. The number of hydrogen-bond acceptors (Lipinski definition) is 2. The van der Waals surface area contributed by atoms with E-state index in [9.17, 15) is 0 Å². The smallest absolute Gasteiger partial charge is 0.106 e. The fraction of sp³-hybridized carbons (Fsp3) is 0.727. The van der Waals surface area contributed by atoms with Crippen LogP contribution in [0.4, 0.5) is 0 Å². The van der Waals surface area contributed by atoms with E-state index in [4.69, 9.17) is 4.84 Å². The maximum Gasteiger partial charge on any atom is 0.106 e. The first kappa shape index (κ1) is 8.79. The Morgan fingerprint density at radius 2 is 2.23 bits per heavy atom. The molecule has 0 aromatic rings. The molecule has 2 atom stereocenters. The minimum atomic E-state index is 0.448. The molecule has 0 saturated heterocycles. The van der Waals surface area contributed by atoms with Gasteiger partial charge in [0.05, 0.1) is 5.71 Å². The van der Waals surface area contributed by atoms with Gasteiger partial charge in [-0.25, -0.2) is 0 Å². The van der Waals surface area contributed by atoms with Crippen molar-refractivity contribution in [1.82, 2.24) is 0 Å². The first-order valence-corrected chi connectivity index (χ1v) is 4.86. The summed E-state index contributed by atoms with van der Waals surface area (Å²) >= 11 is 0. The van der Waals surface area contributed by atoms with Gasteiger partial charge in [0.15, 0.2) is 0 Å². The Labute approximate surface area is 79.7 Å². The monoisotopic (exact) mass is 179 g/mol. The Bertz CT molecular complexity index is 278. The van der Waals surface area contributed by atoms with E-state index < -0.39 is 0 Å². The van der Waals surface area contributed by atoms with Crippen LogP contribution in [0.15, 0.2) is 17.3 Å². The molecule has 2 heteroatoms. The average molecular weight is 179 g/mol. The third-order valence-electron chi connectivity index (χ3n) is 3.90. The lowest BCUT2D eigenvalue weighted by atomic mass is 9.47. The molecule has 3 saturated carbocycles. The van der Waals surface area contributed by atoms with Gasteiger partial charge in [-0.15, -0.1) is 0 Å². The van der Waals surface area contributed by atoms with E-state index >= 15 is 0 Å². The molecule has 0 radical (unpaired) electrons. The summed E-state index contributed by atoms with van der Waals surface area (Å²) in [6, 6.07) is 0. The fourth-order valence-electron chi connectivity index (χ4n) is 2.73. The predicted octanol–water partition coefficient (Wildman–Crippen LogP) is 2.61. The molecule has 0 unspecified atom stereocenters. The molecule has 3 fully saturated rings. The highest BCUT2D eigenvalue weighted by Gasteiger charge is 2.53. The van der Waals surface area contributed by atoms with Crippen LogP contribution in [0, 0.1) is 17.3 Å². The summed E-state index contributed by atoms with van der Waals surface area (Å²) in [5.74, 6) is 1.43. The number of nitrogens with zero attached hydrogens (tertiary/aromatic N) is 1. The molecule has 0 aliphatic heterocycles. The molecule has 0 heterocycles. The molecule has 13 heavy (non-hydrogen) atoms. The lowest BCUT2D eigenvalue weighted by Crippen LogP contribution is -2.52. The molecule has 0 spiro atoms. The molecule has 0 aromatic carbocycles. The van der Waals surface area contributed by atoms with Gasteiger partial charge in [0.2, 0.25) is 0 Å². The van der Waals surface area contributed by atoms with Gasteiger partial charge < -0.3 is 4.84 Å². The van der Waals surface area contributed by atoms with Crippen molar-refractivity contribution in [3.8, 4) is 0 Å². The molecule has 2 bridgehead atoms. The van der Waals surface area contributed by atoms with Gasteiger partial charge in [-0.2, -0.15) is 0 Å². The van der Waals surface area contributed by atoms with Gasteiger partial charge in [-0.05, 0) is 35.7 Å². The largest absolute Gasteiger partial charge is 0.399 e. The molecule has 0 aromatic heterocycles. The summed E-state index contributed by atoms with van der Waals surface area (Å²) in [5.41, 5.74) is 2.74. The average Bonchev–Trinajstić information content (AvgIpc) is 2.08. The molecular formula is C11H17NO. The normalized spacial score (nSPS) is 38.7. The van der Waals surface area contributed by atoms with Crippen LogP contribution in [0.25, 0.3) is 0 Å². The zero-order valence-electron chi connectivity index (χ0n) is 8.63. The van der Waals surface area contributed by atoms with E-state index in [1.165, 1.54) is 12.0 Å². The Balaban J connectivity index is 2.22. The first-order chi connectivity index (χ1) is 6.07. The second kappa shape index (κ2) is 2.60. The molecule has 3 rings (SSSR count). The van der Waals surface area contributed by atoms with Gasteiger partial charge in [0.1, 0.15) is 7.11 Å². The first-order valence-electron chi connectivity index (χ1n) is 4.86. The molecule has 2 nitrogen and oxygen atoms in total. The topological polar surface area (TPSA) is 21.6 Å². The van der Waals surface area contributed by atoms with Crippen LogP contribution in [0.2, 0.25) is 0 Å². The predicted molar refractivity (Wildman–Crippen MR) is 53.6 cm³/mol. The lowest BCUT2D eigenvalue weighted by Gasteiger charge is -2.57. The third-order valence-corrected chi connectivity index (χ3v) is 3.90. The van der Waals surface area contributed by atoms with E-state index in [2.05, 4.69) is 25.6 Å². The van der Waals surface area contributed by atoms with Crippen molar-refractivity contribution in [2.24, 2.45) is 22.4 Å². The van der Waals surface area contributed by atoms with Crippen molar-refractivity contribution in [3.63, 3.8) is 0 Å². The van der Waals surface area contributed by atoms with Crippen LogP contribution in [0.5, 0.6) is 0 Å². The molecule has 0 amide bonds. The second-order valence-corrected chi connectivity index (χ2v) is 4.76. The summed E-state index contributed by atoms with van der Waals surface area (Å²) in [4.78, 5) is 4.82. The summed E-state index contributed by atoms with van der Waals surface area (Å²) in [6.07, 6.45) is 2.35. The maximum absolute atomic E-state index is 4.82. The summed E-state index contributed by atoms with van der Waals surface area (Å²) in [6.45, 7) is 8.79. The van der Waals surface area contributed by atoms with Crippen molar-refractivity contribution < 1.29 is 4.84 Å². The highest BCUT2D eigenvalue weighted by molar-refractivity contribution is 6.01. The number of oxime groups is 1. The summed E-state index contributed by atoms with van der Waals surface area (Å²) < 4.78 is 0. The zero-order chi connectivity index (χ0) is 9.64. The van der Waals surface area contributed by atoms with Crippen LogP contribution in [0.3, 0.4) is 0 Å². The van der Waals surface area contributed by atoms with Crippen molar-refractivity contribution >= 4 is 5.71 Å². The van der Waals surface area contributed by atoms with Gasteiger partial charge in [0.25, 0.3) is 0 Å². The Morgan fingerprint density at radius 1 is 1.54 bits per heavy atom. The van der Waals surface area contributed by atoms with Gasteiger partial charge in [0, 0.05) is 0 Å². The maximum atomic E-state index is 4.82. The van der Waals surface area contributed by atoms with E-state index in [-0.39, 0.29) is 0 Å². The third kappa shape index (κ3) is 1.04. The van der Waals surface area contributed by atoms with Crippen LogP contribution < -0.4 is 0 Å². The Hall–Kier alpha value is -0.790. The van der Waals surface area contributed by atoms with Crippen molar-refractivity contribution in [2.45, 2.75) is 26.7 Å². The molecule has 3 aliphatic rings. The molecular weight excluding hydrogens is 162 g/mol. The van der Waals surface area contributed by atoms with Crippen LogP contribution in [-0.4, -0.2) is 12.8 Å². The fourth-order valence-corrected chi connectivity index (χ4v) is 2.73. The van der Waals surface area contributed by atoms with Crippen molar-refractivity contribution in [3.05, 3.63) is 12.2 Å². The highest BCUT2D eigenvalue weighted by Crippen LogP contribution is 2.59. The van der Waals surface area contributed by atoms with Crippen LogP contribution >= 0.6 is 0 Å². The molecule has 72 valence electrons. The Kier molecular flexibility index (Phi) is 1.76. The molecule has 3 aliphatic carbocycles. The number of hydrogen-bond donors (Lipinski definition) is 0. The van der Waals surface area contributed by atoms with Gasteiger partial charge in [-0.1, -0.05) is 25.6 Å². The van der Waals surface area contributed by atoms with Crippen LogP contribution in [-0.2, 0) is 4.84 Å². The minimum Gasteiger partial charge on any atom is -0.399 e. The number of fused-ring (bicyclic) bond motifs is 2. The molecule has 0 N–H and O–H groups in total. The SMILES string of the molecule is C=C1/C(=N/OC)C[C@@H]2C[C@@H]1C2(C)C. The van der Waals surface area contributed by atoms with Crippen molar-refractivity contribution in [1.29, 1.82) is 0 Å². The summed E-state index contributed by atoms with van der Waals surface area (Å²) in [5, 5.41) is 4.03. The summed E-state index contributed by atoms with van der Waals surface area (Å²) in [7, 11) is 1.60. The van der Waals surface area contributed by atoms with E-state index in [1.54, 1.807) is 7.11 Å². The lowest BCUT2D eigenvalue weighted by molar-refractivity contribution is 0.000258. The zero-order valence-corrected chi connectivity index (χ0v) is 8.63. The van der Waals surface area contributed by atoms with Gasteiger partial charge >= 0.3 is 0 Å². The van der Waals surface area contributed by atoms with E-state index in [1.807, 2.05) is 0 Å². The van der Waals surface area contributed by atoms with E-state index in [0.29, 0.717) is 11.3 Å². The van der Waals surface area contributed by atoms with E-state index in [0.717, 1.165) is 18.1 Å².